The molecule has 0 bridgehead atoms. The largest absolute Gasteiger partial charge is 0.310 e. The second kappa shape index (κ2) is 6.11. The summed E-state index contributed by atoms with van der Waals surface area (Å²) in [6.07, 6.45) is 4.14. The third kappa shape index (κ3) is 3.29. The first kappa shape index (κ1) is 13.9. The fourth-order valence-corrected chi connectivity index (χ4v) is 2.52. The molecule has 0 heterocycles. The van der Waals surface area contributed by atoms with Gasteiger partial charge in [-0.1, -0.05) is 19.8 Å². The maximum Gasteiger partial charge on any atom is 0.145 e. The van der Waals surface area contributed by atoms with E-state index in [1.54, 1.807) is 0 Å². The summed E-state index contributed by atoms with van der Waals surface area (Å²) in [4.78, 5) is 0. The lowest BCUT2D eigenvalue weighted by Crippen LogP contribution is -2.24. The molecule has 0 saturated heterocycles. The quantitative estimate of drug-likeness (QED) is 0.758. The summed E-state index contributed by atoms with van der Waals surface area (Å²) in [5, 5.41) is 3.27. The minimum atomic E-state index is -0.468. The molecule has 1 aliphatic rings. The maximum atomic E-state index is 14.1. The lowest BCUT2D eigenvalue weighted by atomic mass is 9.99. The predicted octanol–water partition coefficient (Wildman–Crippen LogP) is 4.57. The average Bonchev–Trinajstić information content (AvgIpc) is 3.15. The van der Waals surface area contributed by atoms with E-state index in [4.69, 9.17) is 0 Å². The van der Waals surface area contributed by atoms with Crippen molar-refractivity contribution in [1.82, 2.24) is 5.32 Å². The van der Waals surface area contributed by atoms with Gasteiger partial charge in [-0.15, -0.1) is 0 Å². The Morgan fingerprint density at radius 3 is 2.72 bits per heavy atom. The summed E-state index contributed by atoms with van der Waals surface area (Å²) >= 11 is 3.13. The Morgan fingerprint density at radius 1 is 1.39 bits per heavy atom. The van der Waals surface area contributed by atoms with Crippen molar-refractivity contribution in [3.63, 3.8) is 0 Å². The maximum absolute atomic E-state index is 14.1. The van der Waals surface area contributed by atoms with Crippen molar-refractivity contribution < 1.29 is 8.78 Å². The van der Waals surface area contributed by atoms with Crippen LogP contribution in [0, 0.1) is 17.6 Å². The van der Waals surface area contributed by atoms with Crippen molar-refractivity contribution in [2.75, 3.05) is 6.54 Å². The van der Waals surface area contributed by atoms with Crippen molar-refractivity contribution in [2.45, 2.75) is 38.6 Å². The van der Waals surface area contributed by atoms with Crippen molar-refractivity contribution in [3.05, 3.63) is 33.8 Å². The SMILES string of the molecule is CCCNC(CC1CC1)c1c(F)ccc(Br)c1F. The lowest BCUT2D eigenvalue weighted by Gasteiger charge is -2.20. The van der Waals surface area contributed by atoms with Crippen LogP contribution in [0.3, 0.4) is 0 Å². The van der Waals surface area contributed by atoms with Gasteiger partial charge in [0.25, 0.3) is 0 Å². The van der Waals surface area contributed by atoms with Crippen LogP contribution in [0.25, 0.3) is 0 Å². The van der Waals surface area contributed by atoms with E-state index >= 15 is 0 Å². The first-order valence-electron chi connectivity index (χ1n) is 6.50. The number of hydrogen-bond donors (Lipinski definition) is 1. The van der Waals surface area contributed by atoms with E-state index < -0.39 is 11.6 Å². The number of rotatable bonds is 6. The Hall–Kier alpha value is -0.480. The molecule has 1 nitrogen and oxygen atoms in total. The van der Waals surface area contributed by atoms with E-state index in [0.717, 1.165) is 19.4 Å². The number of benzene rings is 1. The van der Waals surface area contributed by atoms with Gasteiger partial charge >= 0.3 is 0 Å². The summed E-state index contributed by atoms with van der Waals surface area (Å²) in [5.74, 6) is -0.300. The highest BCUT2D eigenvalue weighted by Crippen LogP contribution is 2.39. The molecule has 100 valence electrons. The fraction of sp³-hybridized carbons (Fsp3) is 0.571. The molecule has 18 heavy (non-hydrogen) atoms. The molecule has 1 atom stereocenters. The highest BCUT2D eigenvalue weighted by Gasteiger charge is 2.29. The Labute approximate surface area is 115 Å². The van der Waals surface area contributed by atoms with Crippen molar-refractivity contribution in [3.8, 4) is 0 Å². The van der Waals surface area contributed by atoms with Gasteiger partial charge in [-0.2, -0.15) is 0 Å². The molecular weight excluding hydrogens is 300 g/mol. The third-order valence-corrected chi connectivity index (χ3v) is 3.95. The third-order valence-electron chi connectivity index (χ3n) is 3.33. The van der Waals surface area contributed by atoms with Crippen molar-refractivity contribution >= 4 is 15.9 Å². The zero-order valence-corrected chi connectivity index (χ0v) is 12.1. The minimum absolute atomic E-state index is 0.185. The van der Waals surface area contributed by atoms with Gasteiger partial charge < -0.3 is 5.32 Å². The summed E-state index contributed by atoms with van der Waals surface area (Å²) in [5.41, 5.74) is 0.185. The van der Waals surface area contributed by atoms with Crippen LogP contribution in [0.15, 0.2) is 16.6 Å². The van der Waals surface area contributed by atoms with Gasteiger partial charge in [-0.25, -0.2) is 8.78 Å². The van der Waals surface area contributed by atoms with Crippen LogP contribution >= 0.6 is 15.9 Å². The first-order valence-corrected chi connectivity index (χ1v) is 7.29. The van der Waals surface area contributed by atoms with Gasteiger partial charge in [0.05, 0.1) is 4.47 Å². The van der Waals surface area contributed by atoms with Crippen LogP contribution in [0.4, 0.5) is 8.78 Å². The average molecular weight is 318 g/mol. The van der Waals surface area contributed by atoms with Gasteiger partial charge in [0, 0.05) is 11.6 Å². The van der Waals surface area contributed by atoms with Crippen LogP contribution in [0.1, 0.15) is 44.2 Å². The Morgan fingerprint density at radius 2 is 2.11 bits per heavy atom. The Bertz CT molecular complexity index is 419. The monoisotopic (exact) mass is 317 g/mol. The molecule has 1 saturated carbocycles. The van der Waals surface area contributed by atoms with E-state index in [0.29, 0.717) is 10.4 Å². The van der Waals surface area contributed by atoms with E-state index in [9.17, 15) is 8.78 Å². The minimum Gasteiger partial charge on any atom is -0.310 e. The van der Waals surface area contributed by atoms with Gasteiger partial charge in [-0.3, -0.25) is 0 Å². The van der Waals surface area contributed by atoms with Crippen LogP contribution in [-0.4, -0.2) is 6.54 Å². The van der Waals surface area contributed by atoms with Crippen LogP contribution in [0.2, 0.25) is 0 Å². The Balaban J connectivity index is 2.24. The summed E-state index contributed by atoms with van der Waals surface area (Å²) in [6.45, 7) is 2.83. The standard InChI is InChI=1S/C14H18BrF2N/c1-2-7-18-12(8-9-3-4-9)13-11(16)6-5-10(15)14(13)17/h5-6,9,12,18H,2-4,7-8H2,1H3. The highest BCUT2D eigenvalue weighted by atomic mass is 79.9. The number of hydrogen-bond acceptors (Lipinski definition) is 1. The second-order valence-corrected chi connectivity index (χ2v) is 5.80. The smallest absolute Gasteiger partial charge is 0.145 e. The van der Waals surface area contributed by atoms with E-state index in [1.807, 2.05) is 0 Å². The molecule has 4 heteroatoms. The molecule has 0 amide bonds. The second-order valence-electron chi connectivity index (χ2n) is 4.94. The molecule has 1 aromatic rings. The lowest BCUT2D eigenvalue weighted by molar-refractivity contribution is 0.428. The van der Waals surface area contributed by atoms with Crippen LogP contribution < -0.4 is 5.32 Å². The molecule has 0 aliphatic heterocycles. The molecule has 1 aliphatic carbocycles. The van der Waals surface area contributed by atoms with Crippen LogP contribution in [0.5, 0.6) is 0 Å². The molecule has 1 aromatic carbocycles. The molecule has 0 spiro atoms. The zero-order chi connectivity index (χ0) is 13.1. The molecule has 2 rings (SSSR count). The highest BCUT2D eigenvalue weighted by molar-refractivity contribution is 9.10. The fourth-order valence-electron chi connectivity index (χ4n) is 2.17. The normalized spacial score (nSPS) is 16.9. The Kier molecular flexibility index (Phi) is 4.73. The number of halogens is 3. The molecule has 1 unspecified atom stereocenters. The summed E-state index contributed by atoms with van der Waals surface area (Å²) in [7, 11) is 0. The van der Waals surface area contributed by atoms with Gasteiger partial charge in [0.15, 0.2) is 0 Å². The van der Waals surface area contributed by atoms with Crippen LogP contribution in [-0.2, 0) is 0 Å². The predicted molar refractivity (Wildman–Crippen MR) is 72.4 cm³/mol. The van der Waals surface area contributed by atoms with E-state index in [1.165, 1.54) is 25.0 Å². The summed E-state index contributed by atoms with van der Waals surface area (Å²) < 4.78 is 28.3. The number of nitrogens with one attached hydrogen (secondary N) is 1. The molecular formula is C14H18BrF2N. The van der Waals surface area contributed by atoms with Gasteiger partial charge in [0.2, 0.25) is 0 Å². The van der Waals surface area contributed by atoms with Gasteiger partial charge in [-0.05, 0) is 53.4 Å². The van der Waals surface area contributed by atoms with Gasteiger partial charge in [0.1, 0.15) is 11.6 Å². The first-order chi connectivity index (χ1) is 8.63. The zero-order valence-electron chi connectivity index (χ0n) is 10.5. The van der Waals surface area contributed by atoms with E-state index in [-0.39, 0.29) is 11.6 Å². The molecule has 0 aromatic heterocycles. The van der Waals surface area contributed by atoms with E-state index in [2.05, 4.69) is 28.2 Å². The van der Waals surface area contributed by atoms with Crippen molar-refractivity contribution in [2.24, 2.45) is 5.92 Å². The topological polar surface area (TPSA) is 12.0 Å². The molecule has 0 radical (unpaired) electrons. The molecule has 1 N–H and O–H groups in total. The molecule has 1 fully saturated rings. The van der Waals surface area contributed by atoms with Crippen molar-refractivity contribution in [1.29, 1.82) is 0 Å². The summed E-state index contributed by atoms with van der Waals surface area (Å²) in [6, 6.07) is 2.54.